The van der Waals surface area contributed by atoms with Crippen molar-refractivity contribution in [3.63, 3.8) is 0 Å². The molecule has 1 N–H and O–H groups in total. The number of ether oxygens (including phenoxy) is 1. The van der Waals surface area contributed by atoms with Crippen molar-refractivity contribution in [2.45, 2.75) is 44.7 Å². The third-order valence-corrected chi connectivity index (χ3v) is 4.18. The van der Waals surface area contributed by atoms with E-state index >= 15 is 0 Å². The molecule has 0 aliphatic heterocycles. The molecule has 1 fully saturated rings. The van der Waals surface area contributed by atoms with Crippen LogP contribution in [-0.2, 0) is 20.9 Å². The van der Waals surface area contributed by atoms with E-state index in [0.717, 1.165) is 12.8 Å². The van der Waals surface area contributed by atoms with Crippen LogP contribution < -0.4 is 11.0 Å². The van der Waals surface area contributed by atoms with E-state index in [-0.39, 0.29) is 6.54 Å². The van der Waals surface area contributed by atoms with Gasteiger partial charge in [-0.15, -0.1) is 0 Å². The van der Waals surface area contributed by atoms with E-state index in [9.17, 15) is 14.4 Å². The topological polar surface area (TPSA) is 90.3 Å². The highest BCUT2D eigenvalue weighted by atomic mass is 16.5. The second-order valence-corrected chi connectivity index (χ2v) is 5.83. The molecule has 1 aliphatic carbocycles. The first-order valence-corrected chi connectivity index (χ1v) is 7.38. The molecule has 22 heavy (non-hydrogen) atoms. The average Bonchev–Trinajstić information content (AvgIpc) is 2.51. The van der Waals surface area contributed by atoms with E-state index in [1.54, 1.807) is 6.07 Å². The first-order chi connectivity index (χ1) is 10.5. The Kier molecular flexibility index (Phi) is 4.95. The van der Waals surface area contributed by atoms with Gasteiger partial charge in [0.05, 0.1) is 7.11 Å². The number of methoxy groups -OCH3 is 1. The van der Waals surface area contributed by atoms with Gasteiger partial charge in [0.2, 0.25) is 5.91 Å². The van der Waals surface area contributed by atoms with Crippen LogP contribution >= 0.6 is 0 Å². The van der Waals surface area contributed by atoms with Crippen molar-refractivity contribution in [2.24, 2.45) is 5.92 Å². The highest BCUT2D eigenvalue weighted by molar-refractivity contribution is 5.88. The predicted molar refractivity (Wildman–Crippen MR) is 79.0 cm³/mol. The van der Waals surface area contributed by atoms with E-state index in [1.165, 1.54) is 24.1 Å². The fourth-order valence-electron chi connectivity index (χ4n) is 2.80. The normalized spacial score (nSPS) is 24.5. The van der Waals surface area contributed by atoms with Crippen LogP contribution in [0, 0.1) is 5.92 Å². The number of hydrogen-bond donors (Lipinski definition) is 1. The number of rotatable bonds is 4. The van der Waals surface area contributed by atoms with E-state index in [2.05, 4.69) is 17.2 Å². The first-order valence-electron chi connectivity index (χ1n) is 7.38. The van der Waals surface area contributed by atoms with E-state index in [1.807, 2.05) is 0 Å². The van der Waals surface area contributed by atoms with Gasteiger partial charge in [-0.05, 0) is 37.7 Å². The minimum absolute atomic E-state index is 0.166. The molecule has 120 valence electrons. The fraction of sp³-hybridized carbons (Fsp3) is 0.600. The van der Waals surface area contributed by atoms with Crippen molar-refractivity contribution in [1.29, 1.82) is 0 Å². The molecule has 7 nitrogen and oxygen atoms in total. The summed E-state index contributed by atoms with van der Waals surface area (Å²) in [5.41, 5.74) is -1.48. The number of nitrogens with zero attached hydrogens (tertiary/aromatic N) is 2. The first kappa shape index (κ1) is 16.2. The van der Waals surface area contributed by atoms with Gasteiger partial charge < -0.3 is 10.1 Å². The maximum Gasteiger partial charge on any atom is 0.347 e. The summed E-state index contributed by atoms with van der Waals surface area (Å²) in [5, 5.41) is 2.78. The van der Waals surface area contributed by atoms with Gasteiger partial charge in [0.15, 0.2) is 0 Å². The third-order valence-electron chi connectivity index (χ3n) is 4.18. The Morgan fingerprint density at radius 3 is 2.73 bits per heavy atom. The summed E-state index contributed by atoms with van der Waals surface area (Å²) >= 11 is 0. The molecular formula is C15H21N3O4. The molecule has 1 aromatic heterocycles. The Balaban J connectivity index is 2.10. The molecule has 2 rings (SSSR count). The monoisotopic (exact) mass is 307 g/mol. The maximum atomic E-state index is 12.2. The Morgan fingerprint density at radius 2 is 2.14 bits per heavy atom. The number of carbonyl (C=O) groups excluding carboxylic acids is 2. The predicted octanol–water partition coefficient (Wildman–Crippen LogP) is 0.481. The highest BCUT2D eigenvalue weighted by Crippen LogP contribution is 2.32. The van der Waals surface area contributed by atoms with E-state index in [4.69, 9.17) is 4.74 Å². The van der Waals surface area contributed by atoms with Gasteiger partial charge in [-0.1, -0.05) is 6.92 Å². The molecular weight excluding hydrogens is 286 g/mol. The molecule has 1 amide bonds. The van der Waals surface area contributed by atoms with Crippen LogP contribution in [0.1, 0.15) is 32.6 Å². The van der Waals surface area contributed by atoms with Crippen LogP contribution in [0.4, 0.5) is 0 Å². The van der Waals surface area contributed by atoms with Crippen molar-refractivity contribution in [2.75, 3.05) is 7.11 Å². The molecule has 1 aromatic rings. The molecule has 0 saturated heterocycles. The van der Waals surface area contributed by atoms with Crippen LogP contribution in [0.3, 0.4) is 0 Å². The summed E-state index contributed by atoms with van der Waals surface area (Å²) in [4.78, 5) is 39.5. The van der Waals surface area contributed by atoms with Crippen LogP contribution in [0.15, 0.2) is 23.3 Å². The number of aromatic nitrogens is 2. The maximum absolute atomic E-state index is 12.2. The summed E-state index contributed by atoms with van der Waals surface area (Å²) in [6.45, 7) is 1.96. The van der Waals surface area contributed by atoms with Gasteiger partial charge in [-0.3, -0.25) is 9.36 Å². The zero-order valence-corrected chi connectivity index (χ0v) is 12.9. The van der Waals surface area contributed by atoms with Crippen LogP contribution in [0.2, 0.25) is 0 Å². The molecule has 1 heterocycles. The lowest BCUT2D eigenvalue weighted by molar-refractivity contribution is -0.153. The van der Waals surface area contributed by atoms with Crippen molar-refractivity contribution in [1.82, 2.24) is 14.9 Å². The van der Waals surface area contributed by atoms with Crippen LogP contribution in [0.5, 0.6) is 0 Å². The molecule has 1 saturated carbocycles. The summed E-state index contributed by atoms with van der Waals surface area (Å²) in [6, 6.07) is 1.58. The fourth-order valence-corrected chi connectivity index (χ4v) is 2.80. The SMILES string of the molecule is COC(=O)C1(NC(=O)Cn2cccnc2=O)CCC(C)CC1. The van der Waals surface area contributed by atoms with Crippen LogP contribution in [0.25, 0.3) is 0 Å². The second-order valence-electron chi connectivity index (χ2n) is 5.83. The Morgan fingerprint density at radius 1 is 1.45 bits per heavy atom. The molecule has 0 spiro atoms. The molecule has 7 heteroatoms. The molecule has 0 unspecified atom stereocenters. The molecule has 0 aromatic carbocycles. The van der Waals surface area contributed by atoms with Crippen LogP contribution in [-0.4, -0.2) is 34.1 Å². The lowest BCUT2D eigenvalue weighted by atomic mass is 9.77. The van der Waals surface area contributed by atoms with E-state index < -0.39 is 23.1 Å². The molecule has 1 aliphatic rings. The van der Waals surface area contributed by atoms with Gasteiger partial charge in [0.1, 0.15) is 12.1 Å². The number of esters is 1. The molecule has 0 bridgehead atoms. The summed E-state index contributed by atoms with van der Waals surface area (Å²) in [7, 11) is 1.32. The Labute approximate surface area is 128 Å². The standard InChI is InChI=1S/C15H21N3O4/c1-11-4-6-15(7-5-11,13(20)22-2)17-12(19)10-18-9-3-8-16-14(18)21/h3,8-9,11H,4-7,10H2,1-2H3,(H,17,19). The van der Waals surface area contributed by atoms with Gasteiger partial charge in [-0.2, -0.15) is 0 Å². The van der Waals surface area contributed by atoms with Gasteiger partial charge in [-0.25, -0.2) is 14.6 Å². The number of nitrogens with one attached hydrogen (secondary N) is 1. The van der Waals surface area contributed by atoms with Crippen molar-refractivity contribution < 1.29 is 14.3 Å². The third kappa shape index (κ3) is 3.52. The van der Waals surface area contributed by atoms with E-state index in [0.29, 0.717) is 18.8 Å². The largest absolute Gasteiger partial charge is 0.467 e. The Hall–Kier alpha value is -2.18. The lowest BCUT2D eigenvalue weighted by Crippen LogP contribution is -2.57. The number of hydrogen-bond acceptors (Lipinski definition) is 5. The minimum atomic E-state index is -0.982. The number of carbonyl (C=O) groups is 2. The summed E-state index contributed by atoms with van der Waals surface area (Å²) in [6.07, 6.45) is 5.66. The molecule has 0 radical (unpaired) electrons. The number of amides is 1. The second kappa shape index (κ2) is 6.72. The highest BCUT2D eigenvalue weighted by Gasteiger charge is 2.43. The molecule has 0 atom stereocenters. The minimum Gasteiger partial charge on any atom is -0.467 e. The van der Waals surface area contributed by atoms with Crippen molar-refractivity contribution >= 4 is 11.9 Å². The summed E-state index contributed by atoms with van der Waals surface area (Å²) in [5.74, 6) is -0.294. The van der Waals surface area contributed by atoms with Crippen molar-refractivity contribution in [3.05, 3.63) is 28.9 Å². The zero-order chi connectivity index (χ0) is 16.2. The lowest BCUT2D eigenvalue weighted by Gasteiger charge is -2.37. The quantitative estimate of drug-likeness (QED) is 0.817. The van der Waals surface area contributed by atoms with Gasteiger partial charge >= 0.3 is 11.7 Å². The van der Waals surface area contributed by atoms with Gasteiger partial charge in [0, 0.05) is 12.4 Å². The average molecular weight is 307 g/mol. The summed E-state index contributed by atoms with van der Waals surface area (Å²) < 4.78 is 6.07. The van der Waals surface area contributed by atoms with Crippen molar-refractivity contribution in [3.8, 4) is 0 Å². The van der Waals surface area contributed by atoms with Gasteiger partial charge in [0.25, 0.3) is 0 Å². The Bertz CT molecular complexity index is 603. The zero-order valence-electron chi connectivity index (χ0n) is 12.9. The smallest absolute Gasteiger partial charge is 0.347 e.